The second-order valence-electron chi connectivity index (χ2n) is 3.67. The van der Waals surface area contributed by atoms with Crippen molar-refractivity contribution < 1.29 is 4.52 Å². The summed E-state index contributed by atoms with van der Waals surface area (Å²) in [5.74, 6) is 1.54. The van der Waals surface area contributed by atoms with Gasteiger partial charge in [0.2, 0.25) is 6.39 Å². The van der Waals surface area contributed by atoms with Gasteiger partial charge in [0.15, 0.2) is 5.82 Å². The monoisotopic (exact) mass is 222 g/mol. The van der Waals surface area contributed by atoms with Gasteiger partial charge in [-0.1, -0.05) is 5.16 Å². The number of hydrogen-bond acceptors (Lipinski definition) is 6. The zero-order valence-electron chi connectivity index (χ0n) is 9.29. The molecule has 2 heterocycles. The molecule has 0 bridgehead atoms. The van der Waals surface area contributed by atoms with Gasteiger partial charge in [0.25, 0.3) is 0 Å². The summed E-state index contributed by atoms with van der Waals surface area (Å²) in [4.78, 5) is 8.09. The van der Waals surface area contributed by atoms with Crippen molar-refractivity contribution in [1.82, 2.24) is 30.2 Å². The number of nitrogens with zero attached hydrogens (tertiary/aromatic N) is 5. The molecule has 7 heteroatoms. The second kappa shape index (κ2) is 4.84. The van der Waals surface area contributed by atoms with Crippen LogP contribution in [0.25, 0.3) is 0 Å². The third-order valence-electron chi connectivity index (χ3n) is 2.11. The van der Waals surface area contributed by atoms with Crippen LogP contribution in [0.3, 0.4) is 0 Å². The first kappa shape index (κ1) is 10.7. The van der Waals surface area contributed by atoms with Crippen LogP contribution in [0.4, 0.5) is 0 Å². The fraction of sp³-hybridized carbons (Fsp3) is 0.556. The maximum Gasteiger partial charge on any atom is 0.213 e. The van der Waals surface area contributed by atoms with E-state index in [0.717, 1.165) is 5.82 Å². The van der Waals surface area contributed by atoms with Gasteiger partial charge in [-0.3, -0.25) is 0 Å². The summed E-state index contributed by atoms with van der Waals surface area (Å²) in [7, 11) is 0. The molecule has 86 valence electrons. The van der Waals surface area contributed by atoms with Crippen LogP contribution in [0.15, 0.2) is 17.2 Å². The van der Waals surface area contributed by atoms with Crippen molar-refractivity contribution in [2.45, 2.75) is 33.0 Å². The molecular formula is C9H14N6O. The Morgan fingerprint density at radius 3 is 2.94 bits per heavy atom. The SMILES string of the molecule is CC(C)n1ncnc1CNCc1ncon1. The third kappa shape index (κ3) is 2.43. The zero-order chi connectivity index (χ0) is 11.4. The van der Waals surface area contributed by atoms with Gasteiger partial charge in [0.05, 0.1) is 13.1 Å². The van der Waals surface area contributed by atoms with Crippen LogP contribution in [0, 0.1) is 0 Å². The Bertz CT molecular complexity index is 421. The van der Waals surface area contributed by atoms with E-state index in [9.17, 15) is 0 Å². The molecular weight excluding hydrogens is 208 g/mol. The topological polar surface area (TPSA) is 81.7 Å². The predicted octanol–water partition coefficient (Wildman–Crippen LogP) is 0.532. The van der Waals surface area contributed by atoms with Crippen molar-refractivity contribution in [1.29, 1.82) is 0 Å². The predicted molar refractivity (Wildman–Crippen MR) is 55.2 cm³/mol. The Morgan fingerprint density at radius 1 is 1.38 bits per heavy atom. The minimum Gasteiger partial charge on any atom is -0.343 e. The van der Waals surface area contributed by atoms with Crippen molar-refractivity contribution in [2.24, 2.45) is 0 Å². The molecule has 0 unspecified atom stereocenters. The lowest BCUT2D eigenvalue weighted by Gasteiger charge is -2.09. The smallest absolute Gasteiger partial charge is 0.213 e. The van der Waals surface area contributed by atoms with E-state index in [1.807, 2.05) is 4.68 Å². The average molecular weight is 222 g/mol. The maximum atomic E-state index is 4.63. The highest BCUT2D eigenvalue weighted by molar-refractivity contribution is 4.86. The van der Waals surface area contributed by atoms with Crippen LogP contribution < -0.4 is 5.32 Å². The maximum absolute atomic E-state index is 4.63. The Balaban J connectivity index is 1.87. The van der Waals surface area contributed by atoms with E-state index < -0.39 is 0 Å². The van der Waals surface area contributed by atoms with Gasteiger partial charge in [-0.05, 0) is 13.8 Å². The van der Waals surface area contributed by atoms with E-state index in [4.69, 9.17) is 0 Å². The molecule has 7 nitrogen and oxygen atoms in total. The van der Waals surface area contributed by atoms with E-state index in [-0.39, 0.29) is 0 Å². The average Bonchev–Trinajstić information content (AvgIpc) is 2.87. The largest absolute Gasteiger partial charge is 0.343 e. The van der Waals surface area contributed by atoms with Crippen molar-refractivity contribution in [3.63, 3.8) is 0 Å². The fourth-order valence-electron chi connectivity index (χ4n) is 1.39. The highest BCUT2D eigenvalue weighted by Crippen LogP contribution is 2.04. The second-order valence-corrected chi connectivity index (χ2v) is 3.67. The molecule has 0 spiro atoms. The summed E-state index contributed by atoms with van der Waals surface area (Å²) in [5.41, 5.74) is 0. The Labute approximate surface area is 92.9 Å². The van der Waals surface area contributed by atoms with Crippen LogP contribution in [0.1, 0.15) is 31.5 Å². The molecule has 0 saturated carbocycles. The van der Waals surface area contributed by atoms with Crippen molar-refractivity contribution in [3.05, 3.63) is 24.4 Å². The first-order valence-corrected chi connectivity index (χ1v) is 5.11. The number of aromatic nitrogens is 5. The first-order chi connectivity index (χ1) is 7.77. The molecule has 1 N–H and O–H groups in total. The van der Waals surface area contributed by atoms with Gasteiger partial charge in [-0.25, -0.2) is 9.67 Å². The normalized spacial score (nSPS) is 11.2. The van der Waals surface area contributed by atoms with Gasteiger partial charge in [-0.2, -0.15) is 10.1 Å². The highest BCUT2D eigenvalue weighted by Gasteiger charge is 2.07. The molecule has 0 saturated heterocycles. The molecule has 0 fully saturated rings. The quantitative estimate of drug-likeness (QED) is 0.794. The summed E-state index contributed by atoms with van der Waals surface area (Å²) in [6.45, 7) is 5.32. The van der Waals surface area contributed by atoms with Crippen LogP contribution in [0.2, 0.25) is 0 Å². The first-order valence-electron chi connectivity index (χ1n) is 5.11. The lowest BCUT2D eigenvalue weighted by Crippen LogP contribution is -2.18. The Kier molecular flexibility index (Phi) is 3.25. The van der Waals surface area contributed by atoms with Crippen molar-refractivity contribution >= 4 is 0 Å². The van der Waals surface area contributed by atoms with E-state index in [0.29, 0.717) is 25.0 Å². The van der Waals surface area contributed by atoms with Crippen molar-refractivity contribution in [3.8, 4) is 0 Å². The minimum absolute atomic E-state index is 0.310. The Morgan fingerprint density at radius 2 is 2.25 bits per heavy atom. The van der Waals surface area contributed by atoms with Crippen LogP contribution >= 0.6 is 0 Å². The van der Waals surface area contributed by atoms with Gasteiger partial charge in [0, 0.05) is 6.04 Å². The number of nitrogens with one attached hydrogen (secondary N) is 1. The van der Waals surface area contributed by atoms with E-state index in [2.05, 4.69) is 43.9 Å². The molecule has 0 amide bonds. The Hall–Kier alpha value is -1.76. The summed E-state index contributed by atoms with van der Waals surface area (Å²) >= 11 is 0. The highest BCUT2D eigenvalue weighted by atomic mass is 16.5. The zero-order valence-corrected chi connectivity index (χ0v) is 9.29. The molecule has 2 rings (SSSR count). The summed E-state index contributed by atoms with van der Waals surface area (Å²) in [6.07, 6.45) is 2.87. The molecule has 0 radical (unpaired) electrons. The minimum atomic E-state index is 0.310. The standard InChI is InChI=1S/C9H14N6O/c1-7(2)15-9(11-5-13-15)4-10-3-8-12-6-16-14-8/h5-7,10H,3-4H2,1-2H3. The van der Waals surface area contributed by atoms with Gasteiger partial charge in [0.1, 0.15) is 12.2 Å². The molecule has 16 heavy (non-hydrogen) atoms. The summed E-state index contributed by atoms with van der Waals surface area (Å²) in [5, 5.41) is 11.0. The molecule has 0 aliphatic heterocycles. The van der Waals surface area contributed by atoms with Crippen molar-refractivity contribution in [2.75, 3.05) is 0 Å². The molecule has 2 aromatic heterocycles. The number of hydrogen-bond donors (Lipinski definition) is 1. The summed E-state index contributed by atoms with van der Waals surface area (Å²) in [6, 6.07) is 0.310. The van der Waals surface area contributed by atoms with Gasteiger partial charge >= 0.3 is 0 Å². The summed E-state index contributed by atoms with van der Waals surface area (Å²) < 4.78 is 6.51. The van der Waals surface area contributed by atoms with Crippen LogP contribution in [-0.2, 0) is 13.1 Å². The molecule has 2 aromatic rings. The lowest BCUT2D eigenvalue weighted by atomic mass is 10.4. The van der Waals surface area contributed by atoms with E-state index in [1.165, 1.54) is 6.39 Å². The van der Waals surface area contributed by atoms with Gasteiger partial charge < -0.3 is 9.84 Å². The number of rotatable bonds is 5. The van der Waals surface area contributed by atoms with Gasteiger partial charge in [-0.15, -0.1) is 0 Å². The van der Waals surface area contributed by atoms with E-state index in [1.54, 1.807) is 6.33 Å². The molecule has 0 aromatic carbocycles. The molecule has 0 atom stereocenters. The van der Waals surface area contributed by atoms with Crippen LogP contribution in [-0.4, -0.2) is 24.9 Å². The van der Waals surface area contributed by atoms with Crippen LogP contribution in [0.5, 0.6) is 0 Å². The molecule has 0 aliphatic rings. The third-order valence-corrected chi connectivity index (χ3v) is 2.11. The lowest BCUT2D eigenvalue weighted by molar-refractivity contribution is 0.406. The molecule has 0 aliphatic carbocycles. The van der Waals surface area contributed by atoms with E-state index >= 15 is 0 Å². The fourth-order valence-corrected chi connectivity index (χ4v) is 1.39.